The van der Waals surface area contributed by atoms with E-state index in [1.807, 2.05) is 16.0 Å². The quantitative estimate of drug-likeness (QED) is 0.0566. The average molecular weight is 622 g/mol. The monoisotopic (exact) mass is 622 g/mol. The Morgan fingerprint density at radius 2 is 1.21 bits per heavy atom. The first-order valence-corrected chi connectivity index (χ1v) is 11.8. The second kappa shape index (κ2) is 14.3. The summed E-state index contributed by atoms with van der Waals surface area (Å²) in [6.45, 7) is -1.53. The van der Waals surface area contributed by atoms with Gasteiger partial charge in [-0.3, -0.25) is 24.4 Å². The molecule has 0 fully saturated rings. The van der Waals surface area contributed by atoms with Gasteiger partial charge in [0.25, 0.3) is 17.7 Å². The zero-order valence-electron chi connectivity index (χ0n) is 21.5. The Morgan fingerprint density at radius 3 is 1.63 bits per heavy atom. The van der Waals surface area contributed by atoms with E-state index in [0.717, 1.165) is 12.1 Å². The predicted octanol–water partition coefficient (Wildman–Crippen LogP) is -2.38. The van der Waals surface area contributed by atoms with E-state index >= 15 is 0 Å². The van der Waals surface area contributed by atoms with Gasteiger partial charge in [-0.05, 0) is 41.6 Å². The Bertz CT molecular complexity index is 1360. The van der Waals surface area contributed by atoms with E-state index in [0.29, 0.717) is 18.2 Å². The highest BCUT2D eigenvalue weighted by Crippen LogP contribution is 2.32. The summed E-state index contributed by atoms with van der Waals surface area (Å²) in [4.78, 5) is 49.1. The summed E-state index contributed by atoms with van der Waals surface area (Å²) in [7, 11) is -4.60. The molecule has 232 valence electrons. The number of carbonyl (C=O) groups excluding carboxylic acids is 4. The summed E-state index contributed by atoms with van der Waals surface area (Å²) in [6.07, 6.45) is -10.9. The minimum atomic E-state index is -5.18. The summed E-state index contributed by atoms with van der Waals surface area (Å²) >= 11 is 0. The maximum atomic E-state index is 13.6. The van der Waals surface area contributed by atoms with E-state index in [4.69, 9.17) is 15.3 Å². The van der Waals surface area contributed by atoms with Crippen LogP contribution in [-0.4, -0.2) is 82.3 Å². The SMILES string of the molecule is O=C(CNC(=O)[C@H](CCNC(=O)c1ccc(B(O)O)cc1C(F)(F)F)NC(=O)c1ccc(B(O)O)cc1C(F)(F)F)NO. The smallest absolute Gasteiger partial charge is 0.423 e. The van der Waals surface area contributed by atoms with Crippen LogP contribution < -0.4 is 32.4 Å². The second-order valence-corrected chi connectivity index (χ2v) is 8.68. The van der Waals surface area contributed by atoms with E-state index in [-0.39, 0.29) is 6.07 Å². The van der Waals surface area contributed by atoms with Gasteiger partial charge in [0.2, 0.25) is 5.91 Å². The van der Waals surface area contributed by atoms with Gasteiger partial charge in [-0.2, -0.15) is 26.3 Å². The van der Waals surface area contributed by atoms with E-state index in [9.17, 15) is 55.6 Å². The van der Waals surface area contributed by atoms with Crippen molar-refractivity contribution < 1.29 is 70.8 Å². The molecule has 0 unspecified atom stereocenters. The van der Waals surface area contributed by atoms with Crippen LogP contribution in [0.15, 0.2) is 36.4 Å². The topological polar surface area (TPSA) is 218 Å². The number of hydrogen-bond donors (Lipinski definition) is 9. The molecule has 0 aliphatic rings. The first-order valence-electron chi connectivity index (χ1n) is 11.8. The second-order valence-electron chi connectivity index (χ2n) is 8.68. The van der Waals surface area contributed by atoms with Gasteiger partial charge < -0.3 is 36.0 Å². The number of hydroxylamine groups is 1. The van der Waals surface area contributed by atoms with Crippen molar-refractivity contribution in [3.8, 4) is 0 Å². The van der Waals surface area contributed by atoms with Crippen molar-refractivity contribution in [3.63, 3.8) is 0 Å². The molecular formula is C22H22B2F6N4O9. The van der Waals surface area contributed by atoms with Crippen LogP contribution in [0.3, 0.4) is 0 Å². The molecule has 0 aromatic heterocycles. The molecule has 0 saturated heterocycles. The molecular weight excluding hydrogens is 600 g/mol. The third-order valence-electron chi connectivity index (χ3n) is 5.67. The van der Waals surface area contributed by atoms with Crippen molar-refractivity contribution in [2.75, 3.05) is 13.1 Å². The number of rotatable bonds is 11. The van der Waals surface area contributed by atoms with Crippen LogP contribution in [0.25, 0.3) is 0 Å². The van der Waals surface area contributed by atoms with Gasteiger partial charge >= 0.3 is 26.6 Å². The van der Waals surface area contributed by atoms with Crippen LogP contribution in [0, 0.1) is 0 Å². The predicted molar refractivity (Wildman–Crippen MR) is 134 cm³/mol. The molecule has 0 saturated carbocycles. The van der Waals surface area contributed by atoms with Crippen molar-refractivity contribution in [1.29, 1.82) is 0 Å². The van der Waals surface area contributed by atoms with Gasteiger partial charge in [-0.1, -0.05) is 12.1 Å². The van der Waals surface area contributed by atoms with Crippen LogP contribution >= 0.6 is 0 Å². The largest absolute Gasteiger partial charge is 0.488 e. The number of benzene rings is 2. The minimum Gasteiger partial charge on any atom is -0.423 e. The zero-order valence-corrected chi connectivity index (χ0v) is 21.5. The molecule has 0 aliphatic heterocycles. The molecule has 0 bridgehead atoms. The summed E-state index contributed by atoms with van der Waals surface area (Å²) in [5, 5.41) is 51.1. The molecule has 21 heteroatoms. The number of nitrogens with one attached hydrogen (secondary N) is 4. The summed E-state index contributed by atoms with van der Waals surface area (Å²) in [5.74, 6) is -5.21. The third kappa shape index (κ3) is 9.68. The van der Waals surface area contributed by atoms with Crippen LogP contribution in [-0.2, 0) is 21.9 Å². The number of alkyl halides is 6. The van der Waals surface area contributed by atoms with Gasteiger partial charge in [0.1, 0.15) is 6.04 Å². The summed E-state index contributed by atoms with van der Waals surface area (Å²) in [6, 6.07) is 1.65. The fraction of sp³-hybridized carbons (Fsp3) is 0.273. The lowest BCUT2D eigenvalue weighted by Gasteiger charge is -2.21. The molecule has 0 spiro atoms. The van der Waals surface area contributed by atoms with Crippen molar-refractivity contribution in [3.05, 3.63) is 58.7 Å². The summed E-state index contributed by atoms with van der Waals surface area (Å²) < 4.78 is 81.2. The standard InChI is InChI=1S/C22H22B2F6N4O9/c25-21(26,27)14-7-10(23(39)40)1-3-12(14)18(36)31-6-5-16(20(38)32-9-17(35)34-43)33-19(37)13-4-2-11(24(41)42)8-15(13)22(28,29)30/h1-4,7-8,16,39-43H,5-6,9H2,(H,31,36)(H,32,38)(H,33,37)(H,34,35)/t16-/m0/s1. The normalized spacial score (nSPS) is 12.2. The van der Waals surface area contributed by atoms with Gasteiger partial charge in [0.15, 0.2) is 0 Å². The van der Waals surface area contributed by atoms with Gasteiger partial charge in [0.05, 0.1) is 28.8 Å². The molecule has 1 atom stereocenters. The maximum absolute atomic E-state index is 13.6. The van der Waals surface area contributed by atoms with Gasteiger partial charge in [-0.15, -0.1) is 0 Å². The zero-order chi connectivity index (χ0) is 32.7. The fourth-order valence-electron chi connectivity index (χ4n) is 3.57. The van der Waals surface area contributed by atoms with Crippen LogP contribution in [0.2, 0.25) is 0 Å². The Labute approximate surface area is 238 Å². The first-order chi connectivity index (χ1) is 19.9. The average Bonchev–Trinajstić information content (AvgIpc) is 2.93. The lowest BCUT2D eigenvalue weighted by molar-refractivity contribution is -0.138. The number of halogens is 6. The number of carbonyl (C=O) groups is 4. The molecule has 2 aromatic carbocycles. The van der Waals surface area contributed by atoms with Crippen molar-refractivity contribution in [1.82, 2.24) is 21.4 Å². The highest BCUT2D eigenvalue weighted by atomic mass is 19.4. The molecule has 2 rings (SSSR count). The van der Waals surface area contributed by atoms with Crippen molar-refractivity contribution in [2.24, 2.45) is 0 Å². The Kier molecular flexibility index (Phi) is 11.7. The van der Waals surface area contributed by atoms with Gasteiger partial charge in [-0.25, -0.2) is 5.48 Å². The number of hydrogen-bond acceptors (Lipinski definition) is 9. The van der Waals surface area contributed by atoms with E-state index in [1.54, 1.807) is 0 Å². The molecule has 0 heterocycles. The Morgan fingerprint density at radius 1 is 0.744 bits per heavy atom. The molecule has 0 radical (unpaired) electrons. The number of amides is 4. The first kappa shape index (κ1) is 35.0. The molecule has 13 nitrogen and oxygen atoms in total. The lowest BCUT2D eigenvalue weighted by atomic mass is 9.78. The summed E-state index contributed by atoms with van der Waals surface area (Å²) in [5.41, 5.74) is -5.18. The van der Waals surface area contributed by atoms with Crippen LogP contribution in [0.5, 0.6) is 0 Å². The molecule has 0 aliphatic carbocycles. The van der Waals surface area contributed by atoms with E-state index in [1.165, 1.54) is 5.48 Å². The molecule has 43 heavy (non-hydrogen) atoms. The van der Waals surface area contributed by atoms with Crippen molar-refractivity contribution >= 4 is 48.8 Å². The minimum absolute atomic E-state index is 0.278. The highest BCUT2D eigenvalue weighted by Gasteiger charge is 2.38. The molecule has 4 amide bonds. The fourth-order valence-corrected chi connectivity index (χ4v) is 3.57. The molecule has 9 N–H and O–H groups in total. The van der Waals surface area contributed by atoms with E-state index < -0.39 is 109 Å². The van der Waals surface area contributed by atoms with Gasteiger partial charge in [0, 0.05) is 6.54 Å². The Balaban J connectivity index is 2.30. The highest BCUT2D eigenvalue weighted by molar-refractivity contribution is 6.59. The molecule has 2 aromatic rings. The van der Waals surface area contributed by atoms with Crippen LogP contribution in [0.1, 0.15) is 38.3 Å². The Hall–Kier alpha value is -4.17. The lowest BCUT2D eigenvalue weighted by Crippen LogP contribution is -2.50. The maximum Gasteiger partial charge on any atom is 0.488 e. The van der Waals surface area contributed by atoms with E-state index in [2.05, 4.69) is 0 Å². The van der Waals surface area contributed by atoms with Crippen molar-refractivity contribution in [2.45, 2.75) is 24.8 Å². The van der Waals surface area contributed by atoms with Crippen LogP contribution in [0.4, 0.5) is 26.3 Å². The third-order valence-corrected chi connectivity index (χ3v) is 5.67.